The van der Waals surface area contributed by atoms with E-state index in [0.717, 1.165) is 18.8 Å². The van der Waals surface area contributed by atoms with E-state index in [9.17, 15) is 4.79 Å². The average molecular weight is 299 g/mol. The number of piperidine rings is 1. The number of hydrogen-bond acceptors (Lipinski definition) is 4. The number of carbonyl (C=O) groups is 1. The fourth-order valence-electron chi connectivity index (χ4n) is 2.92. The molecule has 0 aromatic carbocycles. The Morgan fingerprint density at radius 2 is 2.00 bits per heavy atom. The predicted octanol–water partition coefficient (Wildman–Crippen LogP) is 2.63. The van der Waals surface area contributed by atoms with Crippen molar-refractivity contribution in [1.29, 1.82) is 0 Å². The van der Waals surface area contributed by atoms with Gasteiger partial charge in [-0.2, -0.15) is 0 Å². The zero-order chi connectivity index (χ0) is 15.2. The monoisotopic (exact) mass is 299 g/mol. The van der Waals surface area contributed by atoms with E-state index in [2.05, 4.69) is 15.2 Å². The number of hydrogen-bond donors (Lipinski definition) is 1. The summed E-state index contributed by atoms with van der Waals surface area (Å²) in [5.74, 6) is 0.841. The molecule has 5 heteroatoms. The van der Waals surface area contributed by atoms with Gasteiger partial charge >= 0.3 is 0 Å². The summed E-state index contributed by atoms with van der Waals surface area (Å²) in [4.78, 5) is 18.5. The first-order valence-corrected chi connectivity index (χ1v) is 7.80. The first-order chi connectivity index (χ1) is 10.8. The Labute approximate surface area is 130 Å². The van der Waals surface area contributed by atoms with E-state index < -0.39 is 0 Å². The molecule has 116 valence electrons. The number of furan rings is 1. The van der Waals surface area contributed by atoms with Crippen molar-refractivity contribution >= 4 is 5.91 Å². The maximum absolute atomic E-state index is 12.2. The molecule has 1 N–H and O–H groups in total. The van der Waals surface area contributed by atoms with Gasteiger partial charge in [0.05, 0.1) is 12.3 Å². The Morgan fingerprint density at radius 1 is 1.23 bits per heavy atom. The number of likely N-dealkylation sites (tertiary alicyclic amines) is 1. The molecule has 1 aliphatic rings. The zero-order valence-electron chi connectivity index (χ0n) is 12.6. The van der Waals surface area contributed by atoms with Gasteiger partial charge in [0, 0.05) is 24.5 Å². The molecule has 5 nitrogen and oxygen atoms in total. The van der Waals surface area contributed by atoms with E-state index in [0.29, 0.717) is 12.1 Å². The average Bonchev–Trinajstić information content (AvgIpc) is 3.11. The SMILES string of the molecule is O=C(NCC(c1ccco1)N1CCCCC1)c1ccncc1. The molecule has 0 aliphatic carbocycles. The van der Waals surface area contributed by atoms with Gasteiger partial charge in [0.25, 0.3) is 5.91 Å². The molecule has 3 heterocycles. The lowest BCUT2D eigenvalue weighted by molar-refractivity contribution is 0.0914. The van der Waals surface area contributed by atoms with Gasteiger partial charge in [-0.25, -0.2) is 0 Å². The topological polar surface area (TPSA) is 58.4 Å². The van der Waals surface area contributed by atoms with Gasteiger partial charge in [-0.05, 0) is 50.2 Å². The Hall–Kier alpha value is -2.14. The predicted molar refractivity (Wildman–Crippen MR) is 83.4 cm³/mol. The molecule has 2 aromatic rings. The first kappa shape index (κ1) is 14.8. The third kappa shape index (κ3) is 3.54. The Bertz CT molecular complexity index is 577. The Kier molecular flexibility index (Phi) is 4.85. The van der Waals surface area contributed by atoms with Crippen molar-refractivity contribution in [1.82, 2.24) is 15.2 Å². The lowest BCUT2D eigenvalue weighted by Gasteiger charge is -2.33. The maximum atomic E-state index is 12.2. The molecular weight excluding hydrogens is 278 g/mol. The number of carbonyl (C=O) groups excluding carboxylic acids is 1. The lowest BCUT2D eigenvalue weighted by Crippen LogP contribution is -2.40. The summed E-state index contributed by atoms with van der Waals surface area (Å²) in [6.07, 6.45) is 8.64. The molecule has 0 saturated carbocycles. The number of rotatable bonds is 5. The van der Waals surface area contributed by atoms with Crippen molar-refractivity contribution in [2.24, 2.45) is 0 Å². The molecule has 1 aliphatic heterocycles. The molecule has 22 heavy (non-hydrogen) atoms. The molecule has 1 atom stereocenters. The van der Waals surface area contributed by atoms with Gasteiger partial charge in [0.15, 0.2) is 0 Å². The third-order valence-corrected chi connectivity index (χ3v) is 4.10. The van der Waals surface area contributed by atoms with Crippen LogP contribution in [0.25, 0.3) is 0 Å². The standard InChI is InChI=1S/C17H21N3O2/c21-17(14-6-8-18-9-7-14)19-13-15(16-5-4-12-22-16)20-10-2-1-3-11-20/h4-9,12,15H,1-3,10-11,13H2,(H,19,21). The van der Waals surface area contributed by atoms with E-state index >= 15 is 0 Å². The van der Waals surface area contributed by atoms with Crippen LogP contribution in [0.2, 0.25) is 0 Å². The molecule has 3 rings (SSSR count). The van der Waals surface area contributed by atoms with Gasteiger partial charge in [-0.3, -0.25) is 14.7 Å². The van der Waals surface area contributed by atoms with Crippen molar-refractivity contribution < 1.29 is 9.21 Å². The highest BCUT2D eigenvalue weighted by Gasteiger charge is 2.24. The van der Waals surface area contributed by atoms with Crippen LogP contribution in [0.4, 0.5) is 0 Å². The number of pyridine rings is 1. The summed E-state index contributed by atoms with van der Waals surface area (Å²) < 4.78 is 5.58. The minimum absolute atomic E-state index is 0.0732. The summed E-state index contributed by atoms with van der Waals surface area (Å²) in [7, 11) is 0. The van der Waals surface area contributed by atoms with Crippen LogP contribution in [0.1, 0.15) is 41.4 Å². The van der Waals surface area contributed by atoms with E-state index in [1.165, 1.54) is 19.3 Å². The van der Waals surface area contributed by atoms with Crippen LogP contribution in [0.5, 0.6) is 0 Å². The van der Waals surface area contributed by atoms with E-state index in [-0.39, 0.29) is 11.9 Å². The molecule has 1 unspecified atom stereocenters. The minimum Gasteiger partial charge on any atom is -0.468 e. The third-order valence-electron chi connectivity index (χ3n) is 4.10. The van der Waals surface area contributed by atoms with Crippen LogP contribution in [-0.2, 0) is 0 Å². The van der Waals surface area contributed by atoms with Crippen molar-refractivity contribution in [3.05, 3.63) is 54.2 Å². The Balaban J connectivity index is 1.66. The van der Waals surface area contributed by atoms with Crippen molar-refractivity contribution in [2.75, 3.05) is 19.6 Å². The summed E-state index contributed by atoms with van der Waals surface area (Å²) in [6, 6.07) is 7.42. The largest absolute Gasteiger partial charge is 0.468 e. The number of nitrogens with one attached hydrogen (secondary N) is 1. The molecule has 1 fully saturated rings. The summed E-state index contributed by atoms with van der Waals surface area (Å²) in [6.45, 7) is 2.65. The fraction of sp³-hybridized carbons (Fsp3) is 0.412. The van der Waals surface area contributed by atoms with Gasteiger partial charge in [0.1, 0.15) is 5.76 Å². The lowest BCUT2D eigenvalue weighted by atomic mass is 10.1. The van der Waals surface area contributed by atoms with Crippen LogP contribution in [-0.4, -0.2) is 35.4 Å². The summed E-state index contributed by atoms with van der Waals surface area (Å²) >= 11 is 0. The summed E-state index contributed by atoms with van der Waals surface area (Å²) in [5.41, 5.74) is 0.631. The molecule has 1 saturated heterocycles. The first-order valence-electron chi connectivity index (χ1n) is 7.80. The summed E-state index contributed by atoms with van der Waals surface area (Å²) in [5, 5.41) is 3.02. The highest BCUT2D eigenvalue weighted by molar-refractivity contribution is 5.93. The molecule has 2 aromatic heterocycles. The maximum Gasteiger partial charge on any atom is 0.251 e. The Morgan fingerprint density at radius 3 is 2.68 bits per heavy atom. The second-order valence-corrected chi connectivity index (χ2v) is 5.57. The van der Waals surface area contributed by atoms with Crippen LogP contribution in [0.3, 0.4) is 0 Å². The number of amides is 1. The molecule has 1 amide bonds. The second-order valence-electron chi connectivity index (χ2n) is 5.57. The van der Waals surface area contributed by atoms with E-state index in [4.69, 9.17) is 4.42 Å². The number of nitrogens with zero attached hydrogens (tertiary/aromatic N) is 2. The molecule has 0 bridgehead atoms. The second kappa shape index (κ2) is 7.22. The van der Waals surface area contributed by atoms with Crippen molar-refractivity contribution in [3.8, 4) is 0 Å². The molecular formula is C17H21N3O2. The highest BCUT2D eigenvalue weighted by Crippen LogP contribution is 2.24. The van der Waals surface area contributed by atoms with Crippen LogP contribution < -0.4 is 5.32 Å². The van der Waals surface area contributed by atoms with Crippen LogP contribution >= 0.6 is 0 Å². The van der Waals surface area contributed by atoms with Gasteiger partial charge in [-0.15, -0.1) is 0 Å². The quantitative estimate of drug-likeness (QED) is 0.922. The van der Waals surface area contributed by atoms with E-state index in [1.54, 1.807) is 30.8 Å². The fourth-order valence-corrected chi connectivity index (χ4v) is 2.92. The van der Waals surface area contributed by atoms with Crippen LogP contribution in [0.15, 0.2) is 47.3 Å². The number of aromatic nitrogens is 1. The van der Waals surface area contributed by atoms with Crippen molar-refractivity contribution in [2.45, 2.75) is 25.3 Å². The highest BCUT2D eigenvalue weighted by atomic mass is 16.3. The zero-order valence-corrected chi connectivity index (χ0v) is 12.6. The van der Waals surface area contributed by atoms with Crippen LogP contribution in [0, 0.1) is 0 Å². The smallest absolute Gasteiger partial charge is 0.251 e. The van der Waals surface area contributed by atoms with Gasteiger partial charge in [-0.1, -0.05) is 6.42 Å². The van der Waals surface area contributed by atoms with Crippen molar-refractivity contribution in [3.63, 3.8) is 0 Å². The normalized spacial score (nSPS) is 17.1. The van der Waals surface area contributed by atoms with E-state index in [1.807, 2.05) is 12.1 Å². The minimum atomic E-state index is -0.0732. The van der Waals surface area contributed by atoms with Gasteiger partial charge in [0.2, 0.25) is 0 Å². The molecule has 0 radical (unpaired) electrons. The molecule has 0 spiro atoms. The van der Waals surface area contributed by atoms with Gasteiger partial charge < -0.3 is 9.73 Å².